The predicted octanol–water partition coefficient (Wildman–Crippen LogP) is 2.76. The Morgan fingerprint density at radius 3 is 2.70 bits per heavy atom. The number of nitrogens with zero attached hydrogens (tertiary/aromatic N) is 1. The first-order valence-electron chi connectivity index (χ1n) is 7.88. The summed E-state index contributed by atoms with van der Waals surface area (Å²) in [5.41, 5.74) is 2.64. The quantitative estimate of drug-likeness (QED) is 0.864. The summed E-state index contributed by atoms with van der Waals surface area (Å²) in [5.74, 6) is 0. The third kappa shape index (κ3) is 4.05. The van der Waals surface area contributed by atoms with Crippen molar-refractivity contribution in [2.75, 3.05) is 32.8 Å². The Bertz CT molecular complexity index is 388. The fourth-order valence-electron chi connectivity index (χ4n) is 2.91. The number of nitrogens with one attached hydrogen (secondary N) is 1. The van der Waals surface area contributed by atoms with Crippen molar-refractivity contribution in [2.24, 2.45) is 0 Å². The topological polar surface area (TPSA) is 24.5 Å². The normalized spacial score (nSPS) is 21.9. The maximum Gasteiger partial charge on any atom is 0.0896 e. The number of likely N-dealkylation sites (N-methyl/N-ethyl adjacent to an activating group) is 1. The van der Waals surface area contributed by atoms with E-state index in [0.717, 1.165) is 26.2 Å². The van der Waals surface area contributed by atoms with Crippen molar-refractivity contribution in [1.82, 2.24) is 10.2 Å². The number of ether oxygens (including phenoxy) is 1. The molecule has 3 heteroatoms. The van der Waals surface area contributed by atoms with Crippen molar-refractivity contribution in [3.05, 3.63) is 35.4 Å². The summed E-state index contributed by atoms with van der Waals surface area (Å²) >= 11 is 0. The molecule has 1 aliphatic heterocycles. The molecule has 1 aromatic carbocycles. The minimum absolute atomic E-state index is 0.248. The zero-order valence-corrected chi connectivity index (χ0v) is 13.1. The molecule has 2 unspecified atom stereocenters. The average molecular weight is 276 g/mol. The van der Waals surface area contributed by atoms with Crippen LogP contribution in [0.25, 0.3) is 0 Å². The number of hydrogen-bond acceptors (Lipinski definition) is 3. The molecular formula is C17H28N2O. The zero-order chi connectivity index (χ0) is 14.4. The lowest BCUT2D eigenvalue weighted by Gasteiger charge is -2.37. The molecule has 0 amide bonds. The van der Waals surface area contributed by atoms with Crippen LogP contribution < -0.4 is 5.32 Å². The molecule has 0 aliphatic carbocycles. The Morgan fingerprint density at radius 2 is 2.05 bits per heavy atom. The van der Waals surface area contributed by atoms with E-state index in [1.165, 1.54) is 24.1 Å². The molecular weight excluding hydrogens is 248 g/mol. The van der Waals surface area contributed by atoms with Gasteiger partial charge in [-0.1, -0.05) is 43.7 Å². The molecule has 0 spiro atoms. The third-order valence-electron chi connectivity index (χ3n) is 3.95. The van der Waals surface area contributed by atoms with Crippen molar-refractivity contribution in [3.8, 4) is 0 Å². The molecule has 0 bridgehead atoms. The van der Waals surface area contributed by atoms with Crippen molar-refractivity contribution in [2.45, 2.75) is 39.3 Å². The Morgan fingerprint density at radius 1 is 1.30 bits per heavy atom. The van der Waals surface area contributed by atoms with Gasteiger partial charge < -0.3 is 10.1 Å². The van der Waals surface area contributed by atoms with Crippen LogP contribution in [0.5, 0.6) is 0 Å². The molecule has 0 saturated carbocycles. The fraction of sp³-hybridized carbons (Fsp3) is 0.647. The number of benzene rings is 1. The lowest BCUT2D eigenvalue weighted by molar-refractivity contribution is -0.0468. The largest absolute Gasteiger partial charge is 0.374 e. The van der Waals surface area contributed by atoms with Gasteiger partial charge >= 0.3 is 0 Å². The SMILES string of the molecule is CCCN1CCOC(C(NCC)c2ccc(C)cc2)C1. The molecule has 2 atom stereocenters. The Labute approximate surface area is 123 Å². The van der Waals surface area contributed by atoms with Crippen LogP contribution in [0.1, 0.15) is 37.4 Å². The highest BCUT2D eigenvalue weighted by Gasteiger charge is 2.28. The lowest BCUT2D eigenvalue weighted by atomic mass is 9.98. The maximum absolute atomic E-state index is 6.05. The molecule has 0 aromatic heterocycles. The summed E-state index contributed by atoms with van der Waals surface area (Å²) < 4.78 is 6.05. The minimum Gasteiger partial charge on any atom is -0.374 e. The van der Waals surface area contributed by atoms with Crippen molar-refractivity contribution in [1.29, 1.82) is 0 Å². The first-order valence-corrected chi connectivity index (χ1v) is 7.88. The summed E-state index contributed by atoms with van der Waals surface area (Å²) in [7, 11) is 0. The van der Waals surface area contributed by atoms with Gasteiger partial charge in [0.2, 0.25) is 0 Å². The summed E-state index contributed by atoms with van der Waals surface area (Å²) in [5, 5.41) is 3.60. The van der Waals surface area contributed by atoms with Gasteiger partial charge in [-0.2, -0.15) is 0 Å². The van der Waals surface area contributed by atoms with E-state index in [-0.39, 0.29) is 6.10 Å². The summed E-state index contributed by atoms with van der Waals surface area (Å²) in [6.45, 7) is 11.6. The van der Waals surface area contributed by atoms with Crippen LogP contribution >= 0.6 is 0 Å². The van der Waals surface area contributed by atoms with Gasteiger partial charge in [0.15, 0.2) is 0 Å². The van der Waals surface area contributed by atoms with E-state index < -0.39 is 0 Å². The summed E-state index contributed by atoms with van der Waals surface area (Å²) in [6.07, 6.45) is 1.46. The molecule has 1 heterocycles. The monoisotopic (exact) mass is 276 g/mol. The van der Waals surface area contributed by atoms with Crippen molar-refractivity contribution in [3.63, 3.8) is 0 Å². The smallest absolute Gasteiger partial charge is 0.0896 e. The van der Waals surface area contributed by atoms with E-state index in [2.05, 4.69) is 55.3 Å². The zero-order valence-electron chi connectivity index (χ0n) is 13.1. The van der Waals surface area contributed by atoms with E-state index in [1.54, 1.807) is 0 Å². The molecule has 112 valence electrons. The number of rotatable bonds is 6. The third-order valence-corrected chi connectivity index (χ3v) is 3.95. The second kappa shape index (κ2) is 7.77. The fourth-order valence-corrected chi connectivity index (χ4v) is 2.91. The van der Waals surface area contributed by atoms with Gasteiger partial charge in [-0.25, -0.2) is 0 Å². The van der Waals surface area contributed by atoms with Gasteiger partial charge in [0.25, 0.3) is 0 Å². The van der Waals surface area contributed by atoms with Crippen molar-refractivity contribution < 1.29 is 4.74 Å². The van der Waals surface area contributed by atoms with E-state index in [1.807, 2.05) is 0 Å². The molecule has 1 N–H and O–H groups in total. The molecule has 2 rings (SSSR count). The first-order chi connectivity index (χ1) is 9.74. The van der Waals surface area contributed by atoms with Gasteiger partial charge in [0, 0.05) is 13.1 Å². The number of hydrogen-bond donors (Lipinski definition) is 1. The van der Waals surface area contributed by atoms with E-state index in [0.29, 0.717) is 6.04 Å². The summed E-state index contributed by atoms with van der Waals surface area (Å²) in [4.78, 5) is 2.52. The molecule has 1 saturated heterocycles. The van der Waals surface area contributed by atoms with E-state index in [4.69, 9.17) is 4.74 Å². The Kier molecular flexibility index (Phi) is 6.02. The molecule has 3 nitrogen and oxygen atoms in total. The standard InChI is InChI=1S/C17H28N2O/c1-4-10-19-11-12-20-16(13-19)17(18-5-2)15-8-6-14(3)7-9-15/h6-9,16-18H,4-5,10-13H2,1-3H3. The van der Waals surface area contributed by atoms with Gasteiger partial charge in [-0.05, 0) is 32.0 Å². The molecule has 1 fully saturated rings. The molecule has 20 heavy (non-hydrogen) atoms. The van der Waals surface area contributed by atoms with E-state index in [9.17, 15) is 0 Å². The Balaban J connectivity index is 2.09. The second-order valence-corrected chi connectivity index (χ2v) is 5.66. The van der Waals surface area contributed by atoms with Crippen LogP contribution in [0.3, 0.4) is 0 Å². The molecule has 0 radical (unpaired) electrons. The lowest BCUT2D eigenvalue weighted by Crippen LogP contribution is -2.48. The molecule has 1 aliphatic rings. The van der Waals surface area contributed by atoms with Gasteiger partial charge in [-0.15, -0.1) is 0 Å². The van der Waals surface area contributed by atoms with Crippen LogP contribution in [0.4, 0.5) is 0 Å². The van der Waals surface area contributed by atoms with Crippen LogP contribution in [0, 0.1) is 6.92 Å². The highest BCUT2D eigenvalue weighted by atomic mass is 16.5. The predicted molar refractivity (Wildman–Crippen MR) is 84.1 cm³/mol. The maximum atomic E-state index is 6.05. The van der Waals surface area contributed by atoms with Crippen LogP contribution in [0.15, 0.2) is 24.3 Å². The van der Waals surface area contributed by atoms with Crippen LogP contribution in [0.2, 0.25) is 0 Å². The summed E-state index contributed by atoms with van der Waals surface area (Å²) in [6, 6.07) is 9.12. The Hall–Kier alpha value is -0.900. The van der Waals surface area contributed by atoms with Crippen LogP contribution in [-0.2, 0) is 4.74 Å². The van der Waals surface area contributed by atoms with Gasteiger partial charge in [0.05, 0.1) is 18.8 Å². The minimum atomic E-state index is 0.248. The van der Waals surface area contributed by atoms with Gasteiger partial charge in [0.1, 0.15) is 0 Å². The van der Waals surface area contributed by atoms with E-state index >= 15 is 0 Å². The first kappa shape index (κ1) is 15.5. The number of aryl methyl sites for hydroxylation is 1. The molecule has 1 aromatic rings. The average Bonchev–Trinajstić information content (AvgIpc) is 2.47. The highest BCUT2D eigenvalue weighted by Crippen LogP contribution is 2.23. The highest BCUT2D eigenvalue weighted by molar-refractivity contribution is 5.25. The van der Waals surface area contributed by atoms with Crippen molar-refractivity contribution >= 4 is 0 Å². The van der Waals surface area contributed by atoms with Crippen LogP contribution in [-0.4, -0.2) is 43.8 Å². The number of morpholine rings is 1. The second-order valence-electron chi connectivity index (χ2n) is 5.66. The van der Waals surface area contributed by atoms with Gasteiger partial charge in [-0.3, -0.25) is 4.90 Å².